The van der Waals surface area contributed by atoms with Crippen molar-refractivity contribution in [2.45, 2.75) is 39.2 Å². The second-order valence-corrected chi connectivity index (χ2v) is 7.57. The first-order valence-electron chi connectivity index (χ1n) is 9.49. The van der Waals surface area contributed by atoms with Crippen LogP contribution in [0.25, 0.3) is 11.1 Å². The number of anilines is 1. The lowest BCUT2D eigenvalue weighted by Gasteiger charge is -2.37. The van der Waals surface area contributed by atoms with E-state index in [2.05, 4.69) is 4.98 Å². The maximum absolute atomic E-state index is 13.4. The van der Waals surface area contributed by atoms with Gasteiger partial charge < -0.3 is 9.80 Å². The van der Waals surface area contributed by atoms with Gasteiger partial charge in [-0.05, 0) is 37.0 Å². The fraction of sp³-hybridized carbons (Fsp3) is 0.476. The second kappa shape index (κ2) is 8.03. The topological polar surface area (TPSA) is 49.3 Å². The van der Waals surface area contributed by atoms with E-state index in [1.807, 2.05) is 37.7 Å². The van der Waals surface area contributed by atoms with Gasteiger partial charge in [0, 0.05) is 38.3 Å². The average molecular weight is 370 g/mol. The largest absolute Gasteiger partial charge is 0.347 e. The Morgan fingerprint density at radius 1 is 1.22 bits per heavy atom. The van der Waals surface area contributed by atoms with Crippen molar-refractivity contribution < 1.29 is 9.18 Å². The highest BCUT2D eigenvalue weighted by Gasteiger charge is 2.32. The van der Waals surface area contributed by atoms with Crippen molar-refractivity contribution in [3.05, 3.63) is 42.0 Å². The number of halogens is 1. The van der Waals surface area contributed by atoms with E-state index in [-0.39, 0.29) is 23.7 Å². The smallest absolute Gasteiger partial charge is 0.225 e. The van der Waals surface area contributed by atoms with Crippen molar-refractivity contribution in [1.82, 2.24) is 14.9 Å². The predicted molar refractivity (Wildman–Crippen MR) is 105 cm³/mol. The molecule has 1 atom stereocenters. The molecule has 0 spiro atoms. The SMILES string of the molecule is CC(C)C(=O)N1CCCCC1c1nc(N(C)C)ncc1-c1ccc(F)cc1. The first kappa shape index (κ1) is 19.3. The van der Waals surface area contributed by atoms with E-state index in [4.69, 9.17) is 4.98 Å². The maximum Gasteiger partial charge on any atom is 0.225 e. The van der Waals surface area contributed by atoms with Crippen LogP contribution in [0.15, 0.2) is 30.5 Å². The second-order valence-electron chi connectivity index (χ2n) is 7.57. The quantitative estimate of drug-likeness (QED) is 0.814. The van der Waals surface area contributed by atoms with Gasteiger partial charge in [-0.25, -0.2) is 14.4 Å². The fourth-order valence-electron chi connectivity index (χ4n) is 3.52. The van der Waals surface area contributed by atoms with E-state index < -0.39 is 0 Å². The Hall–Kier alpha value is -2.50. The first-order chi connectivity index (χ1) is 12.9. The Morgan fingerprint density at radius 2 is 1.93 bits per heavy atom. The summed E-state index contributed by atoms with van der Waals surface area (Å²) in [5.74, 6) is 0.420. The molecule has 0 aliphatic carbocycles. The van der Waals surface area contributed by atoms with Crippen molar-refractivity contribution in [1.29, 1.82) is 0 Å². The molecule has 0 N–H and O–H groups in total. The normalized spacial score (nSPS) is 17.3. The van der Waals surface area contributed by atoms with Gasteiger partial charge in [-0.3, -0.25) is 4.79 Å². The highest BCUT2D eigenvalue weighted by molar-refractivity contribution is 5.79. The van der Waals surface area contributed by atoms with Gasteiger partial charge in [-0.1, -0.05) is 26.0 Å². The summed E-state index contributed by atoms with van der Waals surface area (Å²) < 4.78 is 13.4. The number of aromatic nitrogens is 2. The Balaban J connectivity index is 2.11. The summed E-state index contributed by atoms with van der Waals surface area (Å²) in [6, 6.07) is 6.28. The molecule has 1 aromatic heterocycles. The van der Waals surface area contributed by atoms with Crippen LogP contribution < -0.4 is 4.90 Å². The van der Waals surface area contributed by atoms with Gasteiger partial charge in [0.25, 0.3) is 0 Å². The van der Waals surface area contributed by atoms with Gasteiger partial charge in [0.2, 0.25) is 11.9 Å². The van der Waals surface area contributed by atoms with Gasteiger partial charge in [-0.2, -0.15) is 0 Å². The molecule has 2 aromatic rings. The lowest BCUT2D eigenvalue weighted by atomic mass is 9.93. The van der Waals surface area contributed by atoms with Crippen molar-refractivity contribution >= 4 is 11.9 Å². The number of rotatable bonds is 4. The Labute approximate surface area is 160 Å². The van der Waals surface area contributed by atoms with Crippen LogP contribution in [0, 0.1) is 11.7 Å². The number of hydrogen-bond donors (Lipinski definition) is 0. The molecule has 1 saturated heterocycles. The molecule has 1 aliphatic heterocycles. The van der Waals surface area contributed by atoms with Crippen LogP contribution in [0.5, 0.6) is 0 Å². The van der Waals surface area contributed by atoms with E-state index >= 15 is 0 Å². The number of carbonyl (C=O) groups is 1. The molecule has 1 unspecified atom stereocenters. The van der Waals surface area contributed by atoms with Crippen LogP contribution in [0.1, 0.15) is 44.8 Å². The Bertz CT molecular complexity index is 804. The first-order valence-corrected chi connectivity index (χ1v) is 9.49. The Morgan fingerprint density at radius 3 is 2.56 bits per heavy atom. The molecular weight excluding hydrogens is 343 g/mol. The summed E-state index contributed by atoms with van der Waals surface area (Å²) >= 11 is 0. The van der Waals surface area contributed by atoms with Gasteiger partial charge in [0.05, 0.1) is 11.7 Å². The van der Waals surface area contributed by atoms with Crippen LogP contribution >= 0.6 is 0 Å². The third kappa shape index (κ3) is 4.10. The molecular formula is C21H27FN4O. The maximum atomic E-state index is 13.4. The number of piperidine rings is 1. The van der Waals surface area contributed by atoms with Crippen LogP contribution in [-0.2, 0) is 4.79 Å². The zero-order valence-corrected chi connectivity index (χ0v) is 16.4. The van der Waals surface area contributed by atoms with Crippen molar-refractivity contribution in [3.8, 4) is 11.1 Å². The minimum Gasteiger partial charge on any atom is -0.347 e. The molecule has 6 heteroatoms. The number of benzene rings is 1. The van der Waals surface area contributed by atoms with E-state index in [9.17, 15) is 9.18 Å². The number of likely N-dealkylation sites (tertiary alicyclic amines) is 1. The summed E-state index contributed by atoms with van der Waals surface area (Å²) in [4.78, 5) is 25.9. The van der Waals surface area contributed by atoms with Crippen molar-refractivity contribution in [3.63, 3.8) is 0 Å². The number of carbonyl (C=O) groups excluding carboxylic acids is 1. The molecule has 5 nitrogen and oxygen atoms in total. The zero-order valence-electron chi connectivity index (χ0n) is 16.4. The van der Waals surface area contributed by atoms with Gasteiger partial charge >= 0.3 is 0 Å². The number of nitrogens with zero attached hydrogens (tertiary/aromatic N) is 4. The van der Waals surface area contributed by atoms with Crippen LogP contribution in [0.4, 0.5) is 10.3 Å². The third-order valence-electron chi connectivity index (χ3n) is 4.96. The van der Waals surface area contributed by atoms with Gasteiger partial charge in [-0.15, -0.1) is 0 Å². The molecule has 144 valence electrons. The minimum atomic E-state index is -0.277. The van der Waals surface area contributed by atoms with E-state index in [0.717, 1.165) is 42.6 Å². The fourth-order valence-corrected chi connectivity index (χ4v) is 3.52. The lowest BCUT2D eigenvalue weighted by Crippen LogP contribution is -2.41. The average Bonchev–Trinajstić information content (AvgIpc) is 2.67. The van der Waals surface area contributed by atoms with Crippen LogP contribution in [0.2, 0.25) is 0 Å². The monoisotopic (exact) mass is 370 g/mol. The number of amides is 1. The molecule has 0 saturated carbocycles. The molecule has 1 aromatic carbocycles. The highest BCUT2D eigenvalue weighted by atomic mass is 19.1. The summed E-state index contributed by atoms with van der Waals surface area (Å²) in [5, 5.41) is 0. The molecule has 27 heavy (non-hydrogen) atoms. The van der Waals surface area contributed by atoms with Crippen LogP contribution in [-0.4, -0.2) is 41.4 Å². The molecule has 3 rings (SSSR count). The van der Waals surface area contributed by atoms with Crippen LogP contribution in [0.3, 0.4) is 0 Å². The minimum absolute atomic E-state index is 0.0602. The standard InChI is InChI=1S/C21H27FN4O/c1-14(2)20(27)26-12-6-5-7-18(26)19-17(13-23-21(24-19)25(3)4)15-8-10-16(22)11-9-15/h8-11,13-14,18H,5-7,12H2,1-4H3. The molecule has 0 radical (unpaired) electrons. The van der Waals surface area contributed by atoms with Gasteiger partial charge in [0.15, 0.2) is 0 Å². The summed E-state index contributed by atoms with van der Waals surface area (Å²) in [6.45, 7) is 4.60. The third-order valence-corrected chi connectivity index (χ3v) is 4.96. The summed E-state index contributed by atoms with van der Waals surface area (Å²) in [7, 11) is 3.79. The summed E-state index contributed by atoms with van der Waals surface area (Å²) in [5.41, 5.74) is 2.56. The van der Waals surface area contributed by atoms with E-state index in [0.29, 0.717) is 5.95 Å². The lowest BCUT2D eigenvalue weighted by molar-refractivity contribution is -0.138. The predicted octanol–water partition coefficient (Wildman–Crippen LogP) is 4.06. The Kier molecular flexibility index (Phi) is 5.73. The van der Waals surface area contributed by atoms with Gasteiger partial charge in [0.1, 0.15) is 5.82 Å². The molecule has 0 bridgehead atoms. The van der Waals surface area contributed by atoms with E-state index in [1.165, 1.54) is 12.1 Å². The molecule has 2 heterocycles. The number of hydrogen-bond acceptors (Lipinski definition) is 4. The molecule has 1 amide bonds. The molecule has 1 fully saturated rings. The van der Waals surface area contributed by atoms with E-state index in [1.54, 1.807) is 18.3 Å². The summed E-state index contributed by atoms with van der Waals surface area (Å²) in [6.07, 6.45) is 4.72. The van der Waals surface area contributed by atoms with Crippen molar-refractivity contribution in [2.24, 2.45) is 5.92 Å². The molecule has 1 aliphatic rings. The van der Waals surface area contributed by atoms with Crippen molar-refractivity contribution in [2.75, 3.05) is 25.5 Å². The zero-order chi connectivity index (χ0) is 19.6. The highest BCUT2D eigenvalue weighted by Crippen LogP contribution is 2.37.